The topological polar surface area (TPSA) is 66.9 Å². The Kier molecular flexibility index (Phi) is 5.55. The Hall–Kier alpha value is -1.96. The van der Waals surface area contributed by atoms with E-state index in [2.05, 4.69) is 20.6 Å². The first-order valence-corrected chi connectivity index (χ1v) is 10.5. The van der Waals surface area contributed by atoms with Crippen LogP contribution >= 0.6 is 34.3 Å². The van der Waals surface area contributed by atoms with E-state index in [4.69, 9.17) is 11.6 Å². The molecule has 0 radical (unpaired) electrons. The lowest BCUT2D eigenvalue weighted by molar-refractivity contribution is -0.123. The molecule has 2 aromatic heterocycles. The van der Waals surface area contributed by atoms with E-state index >= 15 is 0 Å². The van der Waals surface area contributed by atoms with Crippen LogP contribution in [-0.4, -0.2) is 15.9 Å². The van der Waals surface area contributed by atoms with Crippen LogP contribution in [0.1, 0.15) is 32.0 Å². The summed E-state index contributed by atoms with van der Waals surface area (Å²) in [7, 11) is 0. The molecule has 0 atom stereocenters. The second-order valence-corrected chi connectivity index (χ2v) is 9.55. The van der Waals surface area contributed by atoms with Gasteiger partial charge in [0.2, 0.25) is 5.91 Å². The molecule has 142 valence electrons. The molecule has 2 N–H and O–H groups in total. The van der Waals surface area contributed by atoms with Gasteiger partial charge in [-0.2, -0.15) is 0 Å². The van der Waals surface area contributed by atoms with Gasteiger partial charge >= 0.3 is 0 Å². The first-order chi connectivity index (χ1) is 12.6. The maximum atomic E-state index is 12.2. The zero-order chi connectivity index (χ0) is 19.8. The van der Waals surface area contributed by atoms with Crippen LogP contribution in [0.2, 0.25) is 5.02 Å². The number of hydrogen-bond acceptors (Lipinski definition) is 6. The maximum absolute atomic E-state index is 12.2. The fourth-order valence-corrected chi connectivity index (χ4v) is 4.13. The van der Waals surface area contributed by atoms with Crippen molar-refractivity contribution in [2.45, 2.75) is 34.6 Å². The molecule has 0 aliphatic carbocycles. The number of aryl methyl sites for hydroxylation is 2. The number of nitrogens with zero attached hydrogens (tertiary/aromatic N) is 2. The lowest BCUT2D eigenvalue weighted by atomic mass is 9.96. The standard InChI is InChI=1S/C19H21ClN4OS2/c1-10-6-7-12(20)8-13(10)22-17-23-14(9-26-17)15-11(2)21-18(27-15)24-16(25)19(3,4)5/h6-9H,1-5H3,(H,22,23)(H,21,24,25). The van der Waals surface area contributed by atoms with Crippen molar-refractivity contribution in [1.29, 1.82) is 0 Å². The van der Waals surface area contributed by atoms with Crippen LogP contribution in [0.4, 0.5) is 16.0 Å². The van der Waals surface area contributed by atoms with Crippen LogP contribution in [0.25, 0.3) is 10.6 Å². The van der Waals surface area contributed by atoms with Gasteiger partial charge in [0.05, 0.1) is 16.3 Å². The van der Waals surface area contributed by atoms with Crippen LogP contribution < -0.4 is 10.6 Å². The number of nitrogens with one attached hydrogen (secondary N) is 2. The van der Waals surface area contributed by atoms with Crippen molar-refractivity contribution in [2.24, 2.45) is 5.41 Å². The Morgan fingerprint density at radius 1 is 1.15 bits per heavy atom. The summed E-state index contributed by atoms with van der Waals surface area (Å²) in [6.07, 6.45) is 0. The summed E-state index contributed by atoms with van der Waals surface area (Å²) in [6, 6.07) is 5.72. The number of thiazole rings is 2. The highest BCUT2D eigenvalue weighted by molar-refractivity contribution is 7.20. The van der Waals surface area contributed by atoms with Gasteiger partial charge in [-0.15, -0.1) is 11.3 Å². The van der Waals surface area contributed by atoms with Crippen molar-refractivity contribution in [3.8, 4) is 10.6 Å². The van der Waals surface area contributed by atoms with Gasteiger partial charge in [-0.3, -0.25) is 4.79 Å². The molecular weight excluding hydrogens is 400 g/mol. The fourth-order valence-electron chi connectivity index (χ4n) is 2.25. The van der Waals surface area contributed by atoms with E-state index in [1.807, 2.05) is 58.2 Å². The van der Waals surface area contributed by atoms with Gasteiger partial charge in [0, 0.05) is 21.5 Å². The molecule has 1 aromatic carbocycles. The van der Waals surface area contributed by atoms with Gasteiger partial charge in [0.25, 0.3) is 0 Å². The average Bonchev–Trinajstić information content (AvgIpc) is 3.16. The Labute approximate surface area is 171 Å². The Morgan fingerprint density at radius 3 is 2.59 bits per heavy atom. The smallest absolute Gasteiger partial charge is 0.231 e. The van der Waals surface area contributed by atoms with Gasteiger partial charge in [-0.1, -0.05) is 49.8 Å². The predicted octanol–water partition coefficient (Wildman–Crippen LogP) is 6.27. The van der Waals surface area contributed by atoms with Crippen LogP contribution in [0.15, 0.2) is 23.6 Å². The first kappa shape index (κ1) is 19.8. The van der Waals surface area contributed by atoms with E-state index in [0.29, 0.717) is 10.2 Å². The summed E-state index contributed by atoms with van der Waals surface area (Å²) in [5.74, 6) is -0.0557. The third-order valence-electron chi connectivity index (χ3n) is 3.88. The minimum absolute atomic E-state index is 0.0557. The van der Waals surface area contributed by atoms with E-state index in [0.717, 1.165) is 32.6 Å². The summed E-state index contributed by atoms with van der Waals surface area (Å²) >= 11 is 9.03. The van der Waals surface area contributed by atoms with E-state index in [-0.39, 0.29) is 5.91 Å². The van der Waals surface area contributed by atoms with Crippen molar-refractivity contribution >= 4 is 56.1 Å². The molecule has 0 bridgehead atoms. The molecule has 2 heterocycles. The average molecular weight is 421 g/mol. The first-order valence-electron chi connectivity index (χ1n) is 8.41. The molecule has 3 rings (SSSR count). The number of amides is 1. The maximum Gasteiger partial charge on any atom is 0.231 e. The third-order valence-corrected chi connectivity index (χ3v) is 5.96. The number of halogens is 1. The lowest BCUT2D eigenvalue weighted by Crippen LogP contribution is -2.27. The van der Waals surface area contributed by atoms with Gasteiger partial charge in [-0.25, -0.2) is 9.97 Å². The van der Waals surface area contributed by atoms with Crippen molar-refractivity contribution in [3.05, 3.63) is 39.9 Å². The zero-order valence-electron chi connectivity index (χ0n) is 15.8. The number of carbonyl (C=O) groups excluding carboxylic acids is 1. The molecule has 0 fully saturated rings. The van der Waals surface area contributed by atoms with E-state index < -0.39 is 5.41 Å². The minimum atomic E-state index is -0.466. The van der Waals surface area contributed by atoms with Gasteiger partial charge in [0.1, 0.15) is 0 Å². The number of anilines is 3. The molecule has 0 saturated heterocycles. The molecular formula is C19H21ClN4OS2. The normalized spacial score (nSPS) is 11.5. The third kappa shape index (κ3) is 4.66. The molecule has 8 heteroatoms. The molecule has 3 aromatic rings. The van der Waals surface area contributed by atoms with Gasteiger partial charge < -0.3 is 10.6 Å². The molecule has 0 aliphatic heterocycles. The summed E-state index contributed by atoms with van der Waals surface area (Å²) in [5.41, 5.74) is 3.25. The monoisotopic (exact) mass is 420 g/mol. The molecule has 1 amide bonds. The lowest BCUT2D eigenvalue weighted by Gasteiger charge is -2.15. The van der Waals surface area contributed by atoms with Crippen molar-refractivity contribution in [2.75, 3.05) is 10.6 Å². The number of hydrogen-bond donors (Lipinski definition) is 2. The minimum Gasteiger partial charge on any atom is -0.331 e. The molecule has 0 aliphatic rings. The van der Waals surface area contributed by atoms with Gasteiger partial charge in [-0.05, 0) is 31.5 Å². The van der Waals surface area contributed by atoms with Crippen molar-refractivity contribution < 1.29 is 4.79 Å². The highest BCUT2D eigenvalue weighted by Gasteiger charge is 2.23. The Bertz CT molecular complexity index is 988. The molecule has 0 spiro atoms. The van der Waals surface area contributed by atoms with E-state index in [1.165, 1.54) is 22.7 Å². The predicted molar refractivity (Wildman–Crippen MR) is 116 cm³/mol. The SMILES string of the molecule is Cc1ccc(Cl)cc1Nc1nc(-c2sc(NC(=O)C(C)(C)C)nc2C)cs1. The zero-order valence-corrected chi connectivity index (χ0v) is 18.2. The van der Waals surface area contributed by atoms with E-state index in [9.17, 15) is 4.79 Å². The molecule has 27 heavy (non-hydrogen) atoms. The highest BCUT2D eigenvalue weighted by atomic mass is 35.5. The van der Waals surface area contributed by atoms with Crippen molar-refractivity contribution in [3.63, 3.8) is 0 Å². The summed E-state index contributed by atoms with van der Waals surface area (Å²) in [6.45, 7) is 9.57. The van der Waals surface area contributed by atoms with Crippen LogP contribution in [0.3, 0.4) is 0 Å². The Balaban J connectivity index is 1.80. The quantitative estimate of drug-likeness (QED) is 0.522. The van der Waals surface area contributed by atoms with E-state index in [1.54, 1.807) is 0 Å². The number of rotatable bonds is 4. The number of benzene rings is 1. The number of carbonyl (C=O) groups is 1. The van der Waals surface area contributed by atoms with Gasteiger partial charge in [0.15, 0.2) is 10.3 Å². The highest BCUT2D eigenvalue weighted by Crippen LogP contribution is 2.36. The largest absolute Gasteiger partial charge is 0.331 e. The van der Waals surface area contributed by atoms with Crippen LogP contribution in [0, 0.1) is 19.3 Å². The second-order valence-electron chi connectivity index (χ2n) is 7.26. The van der Waals surface area contributed by atoms with Crippen LogP contribution in [0.5, 0.6) is 0 Å². The number of aromatic nitrogens is 2. The van der Waals surface area contributed by atoms with Crippen molar-refractivity contribution in [1.82, 2.24) is 9.97 Å². The fraction of sp³-hybridized carbons (Fsp3) is 0.316. The summed E-state index contributed by atoms with van der Waals surface area (Å²) in [4.78, 5) is 22.3. The molecule has 0 saturated carbocycles. The Morgan fingerprint density at radius 2 is 1.89 bits per heavy atom. The second kappa shape index (κ2) is 7.58. The molecule has 5 nitrogen and oxygen atoms in total. The summed E-state index contributed by atoms with van der Waals surface area (Å²) < 4.78 is 0. The molecule has 0 unspecified atom stereocenters. The van der Waals surface area contributed by atoms with Crippen LogP contribution in [-0.2, 0) is 4.79 Å². The summed E-state index contributed by atoms with van der Waals surface area (Å²) in [5, 5.41) is 10.2.